The fourth-order valence-corrected chi connectivity index (χ4v) is 2.96. The Morgan fingerprint density at radius 2 is 1.88 bits per heavy atom. The van der Waals surface area contributed by atoms with Gasteiger partial charge in [-0.25, -0.2) is 0 Å². The summed E-state index contributed by atoms with van der Waals surface area (Å²) in [4.78, 5) is 24.8. The summed E-state index contributed by atoms with van der Waals surface area (Å²) in [7, 11) is 0. The van der Waals surface area contributed by atoms with E-state index in [2.05, 4.69) is 0 Å². The van der Waals surface area contributed by atoms with Crippen molar-refractivity contribution < 1.29 is 14.7 Å². The van der Waals surface area contributed by atoms with E-state index in [-0.39, 0.29) is 11.8 Å². The Labute approximate surface area is 102 Å². The number of rotatable bonds is 5. The standard InChI is InChI=1S/C13H21NO3/c1-3-14(7-8(2)13(16)17)12(15)11-5-9-4-10(9)6-11/h8-11H,3-7H2,1-2H3,(H,16,17). The highest BCUT2D eigenvalue weighted by molar-refractivity contribution is 5.80. The lowest BCUT2D eigenvalue weighted by Gasteiger charge is -2.26. The summed E-state index contributed by atoms with van der Waals surface area (Å²) in [5, 5.41) is 8.88. The molecule has 4 heteroatoms. The second-order valence-corrected chi connectivity index (χ2v) is 5.54. The topological polar surface area (TPSA) is 57.6 Å². The number of nitrogens with zero attached hydrogens (tertiary/aromatic N) is 1. The van der Waals surface area contributed by atoms with Crippen molar-refractivity contribution in [2.75, 3.05) is 13.1 Å². The molecule has 0 aromatic heterocycles. The molecule has 0 aromatic carbocycles. The fourth-order valence-electron chi connectivity index (χ4n) is 2.96. The molecule has 1 amide bonds. The minimum Gasteiger partial charge on any atom is -0.481 e. The van der Waals surface area contributed by atoms with Gasteiger partial charge in [-0.3, -0.25) is 9.59 Å². The first-order valence-corrected chi connectivity index (χ1v) is 6.54. The van der Waals surface area contributed by atoms with Gasteiger partial charge in [-0.05, 0) is 38.0 Å². The Kier molecular flexibility index (Phi) is 3.40. The molecule has 17 heavy (non-hydrogen) atoms. The number of hydrogen-bond donors (Lipinski definition) is 1. The molecule has 2 rings (SSSR count). The van der Waals surface area contributed by atoms with E-state index in [0.29, 0.717) is 13.1 Å². The molecular weight excluding hydrogens is 218 g/mol. The zero-order valence-corrected chi connectivity index (χ0v) is 10.6. The van der Waals surface area contributed by atoms with Gasteiger partial charge < -0.3 is 10.0 Å². The summed E-state index contributed by atoms with van der Waals surface area (Å²) in [6.07, 6.45) is 3.37. The molecular formula is C13H21NO3. The van der Waals surface area contributed by atoms with Crippen LogP contribution < -0.4 is 0 Å². The summed E-state index contributed by atoms with van der Waals surface area (Å²) in [5.41, 5.74) is 0. The van der Waals surface area contributed by atoms with Gasteiger partial charge in [0.05, 0.1) is 5.92 Å². The maximum Gasteiger partial charge on any atom is 0.308 e. The number of carboxylic acid groups (broad SMARTS) is 1. The lowest BCUT2D eigenvalue weighted by Crippen LogP contribution is -2.40. The van der Waals surface area contributed by atoms with E-state index in [1.165, 1.54) is 6.42 Å². The van der Waals surface area contributed by atoms with Crippen LogP contribution in [0.2, 0.25) is 0 Å². The maximum absolute atomic E-state index is 12.2. The van der Waals surface area contributed by atoms with E-state index in [9.17, 15) is 9.59 Å². The normalized spacial score (nSPS) is 31.8. The van der Waals surface area contributed by atoms with E-state index in [1.807, 2.05) is 6.92 Å². The molecule has 2 saturated carbocycles. The summed E-state index contributed by atoms with van der Waals surface area (Å²) in [6.45, 7) is 4.53. The molecule has 1 N–H and O–H groups in total. The number of fused-ring (bicyclic) bond motifs is 1. The number of carbonyl (C=O) groups excluding carboxylic acids is 1. The highest BCUT2D eigenvalue weighted by Crippen LogP contribution is 2.54. The smallest absolute Gasteiger partial charge is 0.308 e. The molecule has 0 spiro atoms. The molecule has 3 unspecified atom stereocenters. The van der Waals surface area contributed by atoms with Gasteiger partial charge in [-0.1, -0.05) is 6.92 Å². The average molecular weight is 239 g/mol. The van der Waals surface area contributed by atoms with Gasteiger partial charge >= 0.3 is 5.97 Å². The van der Waals surface area contributed by atoms with Crippen molar-refractivity contribution in [1.82, 2.24) is 4.90 Å². The molecule has 0 radical (unpaired) electrons. The lowest BCUT2D eigenvalue weighted by molar-refractivity contribution is -0.143. The van der Waals surface area contributed by atoms with E-state index in [1.54, 1.807) is 11.8 Å². The molecule has 0 heterocycles. The van der Waals surface area contributed by atoms with Crippen molar-refractivity contribution in [2.45, 2.75) is 33.1 Å². The van der Waals surface area contributed by atoms with Gasteiger partial charge in [-0.2, -0.15) is 0 Å². The highest BCUT2D eigenvalue weighted by atomic mass is 16.4. The van der Waals surface area contributed by atoms with Crippen LogP contribution in [0, 0.1) is 23.7 Å². The van der Waals surface area contributed by atoms with Gasteiger partial charge in [0.2, 0.25) is 5.91 Å². The Bertz CT molecular complexity index is 319. The van der Waals surface area contributed by atoms with Crippen LogP contribution in [0.4, 0.5) is 0 Å². The van der Waals surface area contributed by atoms with Gasteiger partial charge in [0.25, 0.3) is 0 Å². The molecule has 0 aliphatic heterocycles. The van der Waals surface area contributed by atoms with Crippen LogP contribution in [0.1, 0.15) is 33.1 Å². The van der Waals surface area contributed by atoms with Crippen molar-refractivity contribution in [3.05, 3.63) is 0 Å². The van der Waals surface area contributed by atoms with Crippen molar-refractivity contribution >= 4 is 11.9 Å². The van der Waals surface area contributed by atoms with Gasteiger partial charge in [0.1, 0.15) is 0 Å². The maximum atomic E-state index is 12.2. The third-order valence-electron chi connectivity index (χ3n) is 4.20. The number of carboxylic acids is 1. The van der Waals surface area contributed by atoms with Crippen LogP contribution >= 0.6 is 0 Å². The SMILES string of the molecule is CCN(CC(C)C(=O)O)C(=O)C1CC2CC2C1. The number of hydrogen-bond acceptors (Lipinski definition) is 2. The second kappa shape index (κ2) is 4.67. The minimum atomic E-state index is -0.828. The zero-order valence-electron chi connectivity index (χ0n) is 10.6. The second-order valence-electron chi connectivity index (χ2n) is 5.54. The largest absolute Gasteiger partial charge is 0.481 e. The predicted molar refractivity (Wildman–Crippen MR) is 63.4 cm³/mol. The van der Waals surface area contributed by atoms with Crippen LogP contribution in [0.3, 0.4) is 0 Å². The monoisotopic (exact) mass is 239 g/mol. The van der Waals surface area contributed by atoms with Crippen molar-refractivity contribution in [2.24, 2.45) is 23.7 Å². The van der Waals surface area contributed by atoms with Crippen molar-refractivity contribution in [3.63, 3.8) is 0 Å². The van der Waals surface area contributed by atoms with Crippen molar-refractivity contribution in [3.8, 4) is 0 Å². The molecule has 2 fully saturated rings. The first-order chi connectivity index (χ1) is 8.02. The van der Waals surface area contributed by atoms with Gasteiger partial charge in [-0.15, -0.1) is 0 Å². The number of carbonyl (C=O) groups is 2. The van der Waals surface area contributed by atoms with E-state index in [0.717, 1.165) is 24.7 Å². The molecule has 2 aliphatic carbocycles. The predicted octanol–water partition coefficient (Wildman–Crippen LogP) is 1.60. The molecule has 0 aromatic rings. The summed E-state index contributed by atoms with van der Waals surface area (Å²) >= 11 is 0. The van der Waals surface area contributed by atoms with Crippen LogP contribution in [0.25, 0.3) is 0 Å². The van der Waals surface area contributed by atoms with Crippen LogP contribution in [0.15, 0.2) is 0 Å². The van der Waals surface area contributed by atoms with Gasteiger partial charge in [0.15, 0.2) is 0 Å². The summed E-state index contributed by atoms with van der Waals surface area (Å²) in [6, 6.07) is 0. The van der Waals surface area contributed by atoms with Gasteiger partial charge in [0, 0.05) is 19.0 Å². The molecule has 4 nitrogen and oxygen atoms in total. The Morgan fingerprint density at radius 3 is 2.35 bits per heavy atom. The van der Waals surface area contributed by atoms with Crippen LogP contribution in [0.5, 0.6) is 0 Å². The quantitative estimate of drug-likeness (QED) is 0.792. The molecule has 2 aliphatic rings. The fraction of sp³-hybridized carbons (Fsp3) is 0.846. The molecule has 96 valence electrons. The van der Waals surface area contributed by atoms with E-state index >= 15 is 0 Å². The first-order valence-electron chi connectivity index (χ1n) is 6.54. The van der Waals surface area contributed by atoms with Crippen LogP contribution in [-0.4, -0.2) is 35.0 Å². The lowest BCUT2D eigenvalue weighted by atomic mass is 10.0. The highest BCUT2D eigenvalue weighted by Gasteiger charge is 2.48. The third-order valence-corrected chi connectivity index (χ3v) is 4.20. The molecule has 0 saturated heterocycles. The first kappa shape index (κ1) is 12.4. The molecule has 0 bridgehead atoms. The molecule has 3 atom stereocenters. The number of aliphatic carboxylic acids is 1. The average Bonchev–Trinajstić information content (AvgIpc) is 2.91. The summed E-state index contributed by atoms with van der Waals surface area (Å²) < 4.78 is 0. The Hall–Kier alpha value is -1.06. The summed E-state index contributed by atoms with van der Waals surface area (Å²) in [5.74, 6) is 0.618. The Morgan fingerprint density at radius 1 is 1.29 bits per heavy atom. The number of amides is 1. The zero-order chi connectivity index (χ0) is 12.6. The van der Waals surface area contributed by atoms with Crippen LogP contribution in [-0.2, 0) is 9.59 Å². The van der Waals surface area contributed by atoms with E-state index < -0.39 is 11.9 Å². The Balaban J connectivity index is 1.88. The van der Waals surface area contributed by atoms with E-state index in [4.69, 9.17) is 5.11 Å². The third kappa shape index (κ3) is 2.61. The van der Waals surface area contributed by atoms with Crippen molar-refractivity contribution in [1.29, 1.82) is 0 Å². The minimum absolute atomic E-state index is 0.166.